The molecule has 6 nitrogen and oxygen atoms in total. The first-order valence-corrected chi connectivity index (χ1v) is 6.55. The van der Waals surface area contributed by atoms with Crippen molar-refractivity contribution in [3.63, 3.8) is 0 Å². The van der Waals surface area contributed by atoms with Gasteiger partial charge in [-0.1, -0.05) is 13.0 Å². The van der Waals surface area contributed by atoms with Crippen LogP contribution >= 0.6 is 0 Å². The molecule has 2 aromatic rings. The summed E-state index contributed by atoms with van der Waals surface area (Å²) in [6, 6.07) is 7.50. The second kappa shape index (κ2) is 5.83. The van der Waals surface area contributed by atoms with Crippen LogP contribution in [0.5, 0.6) is 0 Å². The highest BCUT2D eigenvalue weighted by Gasteiger charge is 2.29. The van der Waals surface area contributed by atoms with Crippen LogP contribution in [-0.2, 0) is 4.79 Å². The van der Waals surface area contributed by atoms with Crippen LogP contribution < -0.4 is 11.1 Å². The molecule has 2 rings (SSSR count). The van der Waals surface area contributed by atoms with E-state index in [0.29, 0.717) is 13.0 Å². The molecule has 106 valence electrons. The largest absolute Gasteiger partial charge is 0.329 e. The summed E-state index contributed by atoms with van der Waals surface area (Å²) in [5.41, 5.74) is 6.77. The molecule has 0 aliphatic heterocycles. The molecule has 0 saturated heterocycles. The predicted octanol–water partition coefficient (Wildman–Crippen LogP) is 1.58. The number of amides is 1. The van der Waals surface area contributed by atoms with Crippen molar-refractivity contribution in [3.8, 4) is 5.69 Å². The average molecular weight is 273 g/mol. The molecule has 1 atom stereocenters. The number of benzene rings is 1. The van der Waals surface area contributed by atoms with E-state index < -0.39 is 5.41 Å². The second-order valence-corrected chi connectivity index (χ2v) is 4.99. The summed E-state index contributed by atoms with van der Waals surface area (Å²) < 4.78 is 1.78. The monoisotopic (exact) mass is 273 g/mol. The zero-order chi connectivity index (χ0) is 14.6. The van der Waals surface area contributed by atoms with Crippen molar-refractivity contribution in [2.75, 3.05) is 11.9 Å². The Morgan fingerprint density at radius 3 is 2.70 bits per heavy atom. The number of hydrogen-bond donors (Lipinski definition) is 2. The zero-order valence-corrected chi connectivity index (χ0v) is 11.7. The minimum atomic E-state index is -0.549. The molecule has 1 aromatic heterocycles. The Bertz CT molecular complexity index is 575. The normalized spacial score (nSPS) is 13.8. The second-order valence-electron chi connectivity index (χ2n) is 4.99. The standard InChI is InChI=1S/C14H19N5O/c1-3-14(2,8-15)13(20)18-11-5-4-6-12(7-11)19-9-16-17-10-19/h4-7,9-10H,3,8,15H2,1-2H3,(H,18,20). The van der Waals surface area contributed by atoms with E-state index in [2.05, 4.69) is 15.5 Å². The lowest BCUT2D eigenvalue weighted by Crippen LogP contribution is -2.39. The molecule has 1 unspecified atom stereocenters. The third kappa shape index (κ3) is 2.85. The highest BCUT2D eigenvalue weighted by atomic mass is 16.2. The average Bonchev–Trinajstić information content (AvgIpc) is 3.01. The van der Waals surface area contributed by atoms with Crippen LogP contribution in [0.25, 0.3) is 5.69 Å². The summed E-state index contributed by atoms with van der Waals surface area (Å²) in [6.07, 6.45) is 3.91. The SMILES string of the molecule is CCC(C)(CN)C(=O)Nc1cccc(-n2cnnc2)c1. The molecular formula is C14H19N5O. The number of carbonyl (C=O) groups is 1. The summed E-state index contributed by atoms with van der Waals surface area (Å²) >= 11 is 0. The Morgan fingerprint density at radius 1 is 1.40 bits per heavy atom. The van der Waals surface area contributed by atoms with Crippen molar-refractivity contribution in [2.45, 2.75) is 20.3 Å². The van der Waals surface area contributed by atoms with Gasteiger partial charge in [0.15, 0.2) is 0 Å². The third-order valence-electron chi connectivity index (χ3n) is 3.60. The van der Waals surface area contributed by atoms with E-state index in [0.717, 1.165) is 11.4 Å². The fourth-order valence-electron chi connectivity index (χ4n) is 1.76. The van der Waals surface area contributed by atoms with Gasteiger partial charge in [-0.05, 0) is 31.5 Å². The molecule has 0 spiro atoms. The maximum Gasteiger partial charge on any atom is 0.231 e. The maximum atomic E-state index is 12.3. The third-order valence-corrected chi connectivity index (χ3v) is 3.60. The molecule has 1 amide bonds. The van der Waals surface area contributed by atoms with E-state index in [9.17, 15) is 4.79 Å². The van der Waals surface area contributed by atoms with Gasteiger partial charge in [-0.15, -0.1) is 10.2 Å². The van der Waals surface area contributed by atoms with E-state index >= 15 is 0 Å². The molecule has 6 heteroatoms. The van der Waals surface area contributed by atoms with E-state index in [-0.39, 0.29) is 5.91 Å². The number of nitrogens with one attached hydrogen (secondary N) is 1. The van der Waals surface area contributed by atoms with Gasteiger partial charge in [0.2, 0.25) is 5.91 Å². The molecule has 0 saturated carbocycles. The van der Waals surface area contributed by atoms with Crippen LogP contribution in [0.3, 0.4) is 0 Å². The fourth-order valence-corrected chi connectivity index (χ4v) is 1.76. The summed E-state index contributed by atoms with van der Waals surface area (Å²) in [7, 11) is 0. The van der Waals surface area contributed by atoms with Crippen molar-refractivity contribution in [2.24, 2.45) is 11.1 Å². The number of carbonyl (C=O) groups excluding carboxylic acids is 1. The lowest BCUT2D eigenvalue weighted by Gasteiger charge is -2.25. The number of anilines is 1. The van der Waals surface area contributed by atoms with Gasteiger partial charge in [0.05, 0.1) is 11.1 Å². The predicted molar refractivity (Wildman–Crippen MR) is 77.4 cm³/mol. The molecule has 0 aliphatic rings. The lowest BCUT2D eigenvalue weighted by atomic mass is 9.86. The Hall–Kier alpha value is -2.21. The van der Waals surface area contributed by atoms with Crippen molar-refractivity contribution >= 4 is 11.6 Å². The van der Waals surface area contributed by atoms with Gasteiger partial charge in [-0.3, -0.25) is 9.36 Å². The summed E-state index contributed by atoms with van der Waals surface area (Å²) in [6.45, 7) is 4.15. The number of hydrogen-bond acceptors (Lipinski definition) is 4. The summed E-state index contributed by atoms with van der Waals surface area (Å²) in [5, 5.41) is 10.4. The molecule has 0 aliphatic carbocycles. The van der Waals surface area contributed by atoms with E-state index in [1.165, 1.54) is 0 Å². The van der Waals surface area contributed by atoms with E-state index in [1.807, 2.05) is 38.1 Å². The summed E-state index contributed by atoms with van der Waals surface area (Å²) in [4.78, 5) is 12.3. The van der Waals surface area contributed by atoms with Crippen LogP contribution in [-0.4, -0.2) is 27.2 Å². The summed E-state index contributed by atoms with van der Waals surface area (Å²) in [5.74, 6) is -0.0663. The van der Waals surface area contributed by atoms with Crippen LogP contribution in [0.4, 0.5) is 5.69 Å². The first-order chi connectivity index (χ1) is 9.59. The Labute approximate surface area is 118 Å². The topological polar surface area (TPSA) is 85.8 Å². The number of nitrogens with zero attached hydrogens (tertiary/aromatic N) is 3. The molecule has 20 heavy (non-hydrogen) atoms. The van der Waals surface area contributed by atoms with Crippen LogP contribution in [0.15, 0.2) is 36.9 Å². The number of nitrogens with two attached hydrogens (primary N) is 1. The Balaban J connectivity index is 2.19. The van der Waals surface area contributed by atoms with Crippen molar-refractivity contribution < 1.29 is 4.79 Å². The van der Waals surface area contributed by atoms with E-state index in [4.69, 9.17) is 5.73 Å². The van der Waals surface area contributed by atoms with Crippen LogP contribution in [0.2, 0.25) is 0 Å². The molecular weight excluding hydrogens is 254 g/mol. The zero-order valence-electron chi connectivity index (χ0n) is 11.7. The van der Waals surface area contributed by atoms with Gasteiger partial charge >= 0.3 is 0 Å². The fraction of sp³-hybridized carbons (Fsp3) is 0.357. The van der Waals surface area contributed by atoms with Gasteiger partial charge in [0, 0.05) is 12.2 Å². The number of rotatable bonds is 5. The smallest absolute Gasteiger partial charge is 0.231 e. The van der Waals surface area contributed by atoms with Gasteiger partial charge < -0.3 is 11.1 Å². The van der Waals surface area contributed by atoms with Crippen molar-refractivity contribution in [1.82, 2.24) is 14.8 Å². The molecule has 3 N–H and O–H groups in total. The quantitative estimate of drug-likeness (QED) is 0.866. The Morgan fingerprint density at radius 2 is 2.10 bits per heavy atom. The molecule has 1 aromatic carbocycles. The first-order valence-electron chi connectivity index (χ1n) is 6.55. The first kappa shape index (κ1) is 14.2. The molecule has 0 bridgehead atoms. The lowest BCUT2D eigenvalue weighted by molar-refractivity contribution is -0.124. The van der Waals surface area contributed by atoms with Crippen molar-refractivity contribution in [3.05, 3.63) is 36.9 Å². The molecule has 0 radical (unpaired) electrons. The van der Waals surface area contributed by atoms with Crippen molar-refractivity contribution in [1.29, 1.82) is 0 Å². The van der Waals surface area contributed by atoms with Crippen LogP contribution in [0.1, 0.15) is 20.3 Å². The minimum absolute atomic E-state index is 0.0663. The minimum Gasteiger partial charge on any atom is -0.329 e. The molecule has 1 heterocycles. The highest BCUT2D eigenvalue weighted by molar-refractivity contribution is 5.95. The van der Waals surface area contributed by atoms with Gasteiger partial charge in [-0.2, -0.15) is 0 Å². The molecule has 0 fully saturated rings. The highest BCUT2D eigenvalue weighted by Crippen LogP contribution is 2.22. The van der Waals surface area contributed by atoms with E-state index in [1.54, 1.807) is 17.2 Å². The maximum absolute atomic E-state index is 12.3. The van der Waals surface area contributed by atoms with Crippen LogP contribution in [0, 0.1) is 5.41 Å². The number of aromatic nitrogens is 3. The Kier molecular flexibility index (Phi) is 4.14. The van der Waals surface area contributed by atoms with Gasteiger partial charge in [0.25, 0.3) is 0 Å². The van der Waals surface area contributed by atoms with Gasteiger partial charge in [-0.25, -0.2) is 0 Å². The van der Waals surface area contributed by atoms with Gasteiger partial charge in [0.1, 0.15) is 12.7 Å².